The van der Waals surface area contributed by atoms with Crippen LogP contribution in [0.5, 0.6) is 5.75 Å². The molecule has 0 aliphatic heterocycles. The summed E-state index contributed by atoms with van der Waals surface area (Å²) in [6, 6.07) is 3.23. The fraction of sp³-hybridized carbons (Fsp3) is 0.308. The maximum absolute atomic E-state index is 11.1. The zero-order valence-electron chi connectivity index (χ0n) is 11.6. The number of nitrogens with zero attached hydrogens (tertiary/aromatic N) is 2. The first kappa shape index (κ1) is 15.7. The van der Waals surface area contributed by atoms with Crippen LogP contribution in [0.25, 0.3) is 0 Å². The largest absolute Gasteiger partial charge is 0.481 e. The molecule has 0 spiro atoms. The van der Waals surface area contributed by atoms with Gasteiger partial charge in [0.25, 0.3) is 0 Å². The van der Waals surface area contributed by atoms with Gasteiger partial charge in [-0.1, -0.05) is 27.3 Å². The molecule has 0 atom stereocenters. The molecule has 0 fully saturated rings. The topological polar surface area (TPSA) is 77.3 Å². The van der Waals surface area contributed by atoms with Gasteiger partial charge in [0.1, 0.15) is 6.61 Å². The van der Waals surface area contributed by atoms with E-state index in [2.05, 4.69) is 26.2 Å². The van der Waals surface area contributed by atoms with E-state index in [1.807, 2.05) is 6.92 Å². The van der Waals surface area contributed by atoms with Gasteiger partial charge in [0, 0.05) is 23.3 Å². The molecule has 2 rings (SSSR count). The Morgan fingerprint density at radius 2 is 2.29 bits per heavy atom. The molecule has 2 aromatic rings. The number of ether oxygens (including phenoxy) is 1. The second-order valence-electron chi connectivity index (χ2n) is 4.28. The molecule has 0 aliphatic rings. The summed E-state index contributed by atoms with van der Waals surface area (Å²) in [5.41, 5.74) is 0.672. The minimum Gasteiger partial charge on any atom is -0.481 e. The van der Waals surface area contributed by atoms with E-state index in [9.17, 15) is 10.1 Å². The number of halogens is 1. The summed E-state index contributed by atoms with van der Waals surface area (Å²) in [5, 5.41) is 15.0. The van der Waals surface area contributed by atoms with Crippen molar-refractivity contribution in [2.45, 2.75) is 20.5 Å². The number of rotatable bonds is 6. The van der Waals surface area contributed by atoms with Gasteiger partial charge in [0.05, 0.1) is 9.80 Å². The second-order valence-corrected chi connectivity index (χ2v) is 6.31. The molecule has 0 bridgehead atoms. The van der Waals surface area contributed by atoms with Crippen LogP contribution >= 0.6 is 27.3 Å². The van der Waals surface area contributed by atoms with E-state index in [0.717, 1.165) is 16.6 Å². The molecule has 6 nitrogen and oxygen atoms in total. The van der Waals surface area contributed by atoms with Gasteiger partial charge in [-0.2, -0.15) is 0 Å². The summed E-state index contributed by atoms with van der Waals surface area (Å²) in [5.74, 6) is 0.293. The molecule has 1 heterocycles. The Kier molecular flexibility index (Phi) is 5.13. The van der Waals surface area contributed by atoms with Crippen LogP contribution in [0.1, 0.15) is 17.4 Å². The number of hydrogen-bond acceptors (Lipinski definition) is 6. The van der Waals surface area contributed by atoms with Crippen molar-refractivity contribution < 1.29 is 9.66 Å². The summed E-state index contributed by atoms with van der Waals surface area (Å²) in [6.45, 7) is 4.83. The highest BCUT2D eigenvalue weighted by Gasteiger charge is 2.19. The van der Waals surface area contributed by atoms with Crippen molar-refractivity contribution in [1.82, 2.24) is 4.98 Å². The van der Waals surface area contributed by atoms with Gasteiger partial charge in [-0.25, -0.2) is 4.98 Å². The minimum absolute atomic E-state index is 0.0432. The highest BCUT2D eigenvalue weighted by molar-refractivity contribution is 9.10. The van der Waals surface area contributed by atoms with Crippen LogP contribution in [0.2, 0.25) is 0 Å². The first-order chi connectivity index (χ1) is 10.0. The Balaban J connectivity index is 2.17. The Hall–Kier alpha value is -1.67. The van der Waals surface area contributed by atoms with Crippen molar-refractivity contribution in [3.05, 3.63) is 43.4 Å². The lowest BCUT2D eigenvalue weighted by molar-refractivity contribution is -0.386. The number of benzene rings is 1. The molecular weight excluding hydrogens is 358 g/mol. The molecular formula is C13H14BrN3O3S. The Bertz CT molecular complexity index is 660. The molecule has 0 unspecified atom stereocenters. The van der Waals surface area contributed by atoms with E-state index < -0.39 is 4.92 Å². The number of aryl methyl sites for hydroxylation is 1. The Morgan fingerprint density at radius 1 is 1.52 bits per heavy atom. The van der Waals surface area contributed by atoms with Crippen molar-refractivity contribution in [2.24, 2.45) is 0 Å². The lowest BCUT2D eigenvalue weighted by Crippen LogP contribution is -2.00. The third-order valence-corrected chi connectivity index (χ3v) is 4.04. The first-order valence-electron chi connectivity index (χ1n) is 6.27. The second kappa shape index (κ2) is 6.86. The van der Waals surface area contributed by atoms with Crippen LogP contribution in [-0.2, 0) is 6.61 Å². The number of nitro benzene ring substituents is 1. The zero-order valence-corrected chi connectivity index (χ0v) is 14.0. The van der Waals surface area contributed by atoms with Crippen LogP contribution in [0.15, 0.2) is 22.8 Å². The predicted octanol–water partition coefficient (Wildman–Crippen LogP) is 4.13. The monoisotopic (exact) mass is 371 g/mol. The van der Waals surface area contributed by atoms with E-state index >= 15 is 0 Å². The lowest BCUT2D eigenvalue weighted by atomic mass is 10.2. The van der Waals surface area contributed by atoms with Crippen molar-refractivity contribution in [1.29, 1.82) is 0 Å². The van der Waals surface area contributed by atoms with Crippen LogP contribution in [-0.4, -0.2) is 16.5 Å². The van der Waals surface area contributed by atoms with E-state index in [0.29, 0.717) is 15.8 Å². The molecule has 8 heteroatoms. The zero-order chi connectivity index (χ0) is 15.4. The first-order valence-corrected chi connectivity index (χ1v) is 7.88. The highest BCUT2D eigenvalue weighted by atomic mass is 79.9. The Labute approximate surface area is 134 Å². The molecule has 1 aromatic heterocycles. The molecule has 112 valence electrons. The number of hydrogen-bond donors (Lipinski definition) is 1. The third kappa shape index (κ3) is 3.92. The Morgan fingerprint density at radius 3 is 2.95 bits per heavy atom. The van der Waals surface area contributed by atoms with Crippen molar-refractivity contribution in [2.75, 3.05) is 11.9 Å². The molecule has 21 heavy (non-hydrogen) atoms. The summed E-state index contributed by atoms with van der Waals surface area (Å²) in [6.07, 6.45) is 1.71. The number of thiazole rings is 1. The van der Waals surface area contributed by atoms with E-state index in [1.165, 1.54) is 17.4 Å². The lowest BCUT2D eigenvalue weighted by Gasteiger charge is -2.09. The number of aromatic nitrogens is 1. The van der Waals surface area contributed by atoms with Crippen LogP contribution < -0.4 is 10.1 Å². The summed E-state index contributed by atoms with van der Waals surface area (Å²) < 4.78 is 6.30. The average Bonchev–Trinajstić information content (AvgIpc) is 2.85. The summed E-state index contributed by atoms with van der Waals surface area (Å²) in [7, 11) is 0. The van der Waals surface area contributed by atoms with Gasteiger partial charge in [0.15, 0.2) is 5.13 Å². The summed E-state index contributed by atoms with van der Waals surface area (Å²) in [4.78, 5) is 15.8. The molecule has 0 amide bonds. The maximum Gasteiger partial charge on any atom is 0.312 e. The van der Waals surface area contributed by atoms with Crippen molar-refractivity contribution >= 4 is 38.1 Å². The molecule has 0 saturated carbocycles. The quantitative estimate of drug-likeness (QED) is 0.609. The summed E-state index contributed by atoms with van der Waals surface area (Å²) >= 11 is 4.73. The maximum atomic E-state index is 11.1. The standard InChI is InChI=1S/C13H14BrN3O3S/c1-3-15-13-16-6-10(21-13)7-20-12-8(2)4-9(14)5-11(12)17(18)19/h4-6H,3,7H2,1-2H3,(H,15,16). The number of anilines is 1. The van der Waals surface area contributed by atoms with E-state index in [-0.39, 0.29) is 12.3 Å². The fourth-order valence-electron chi connectivity index (χ4n) is 1.79. The van der Waals surface area contributed by atoms with Crippen molar-refractivity contribution in [3.8, 4) is 5.75 Å². The van der Waals surface area contributed by atoms with Gasteiger partial charge in [-0.05, 0) is 25.5 Å². The highest BCUT2D eigenvalue weighted by Crippen LogP contribution is 2.35. The van der Waals surface area contributed by atoms with Crippen LogP contribution in [0, 0.1) is 17.0 Å². The fourth-order valence-corrected chi connectivity index (χ4v) is 3.14. The van der Waals surface area contributed by atoms with Crippen molar-refractivity contribution in [3.63, 3.8) is 0 Å². The van der Waals surface area contributed by atoms with Gasteiger partial charge in [-0.15, -0.1) is 0 Å². The molecule has 0 saturated heterocycles. The smallest absolute Gasteiger partial charge is 0.312 e. The van der Waals surface area contributed by atoms with Gasteiger partial charge < -0.3 is 10.1 Å². The average molecular weight is 372 g/mol. The van der Waals surface area contributed by atoms with Crippen LogP contribution in [0.4, 0.5) is 10.8 Å². The minimum atomic E-state index is -0.441. The normalized spacial score (nSPS) is 10.4. The number of nitrogens with one attached hydrogen (secondary N) is 1. The van der Waals surface area contributed by atoms with E-state index in [1.54, 1.807) is 19.2 Å². The van der Waals surface area contributed by atoms with Gasteiger partial charge in [-0.3, -0.25) is 10.1 Å². The van der Waals surface area contributed by atoms with E-state index in [4.69, 9.17) is 4.74 Å². The van der Waals surface area contributed by atoms with Crippen LogP contribution in [0.3, 0.4) is 0 Å². The molecule has 0 aliphatic carbocycles. The third-order valence-electron chi connectivity index (χ3n) is 2.66. The van der Waals surface area contributed by atoms with Gasteiger partial charge in [0.2, 0.25) is 5.75 Å². The molecule has 1 aromatic carbocycles. The predicted molar refractivity (Wildman–Crippen MR) is 86.1 cm³/mol. The SMILES string of the molecule is CCNc1ncc(COc2c(C)cc(Br)cc2[N+](=O)[O-])s1. The van der Waals surface area contributed by atoms with Gasteiger partial charge >= 0.3 is 5.69 Å². The molecule has 0 radical (unpaired) electrons. The number of nitro groups is 1. The molecule has 1 N–H and O–H groups in total.